The standard InChI is InChI=1S/C13H15BrN2S/c1-13(2,3)11-8-12(17)16(15-11)10-6-4-5-9(14)7-10/h4-8,15H,1-3H3. The fraction of sp³-hybridized carbons (Fsp3) is 0.308. The maximum Gasteiger partial charge on any atom is 0.127 e. The van der Waals surface area contributed by atoms with Crippen molar-refractivity contribution in [2.45, 2.75) is 26.2 Å². The lowest BCUT2D eigenvalue weighted by molar-refractivity contribution is 0.560. The van der Waals surface area contributed by atoms with Crippen molar-refractivity contribution in [1.29, 1.82) is 0 Å². The van der Waals surface area contributed by atoms with Gasteiger partial charge in [-0.15, -0.1) is 0 Å². The molecule has 0 amide bonds. The lowest BCUT2D eigenvalue weighted by Gasteiger charge is -2.15. The minimum Gasteiger partial charge on any atom is -0.296 e. The number of aromatic amines is 1. The number of halogens is 1. The summed E-state index contributed by atoms with van der Waals surface area (Å²) in [7, 11) is 0. The SMILES string of the molecule is CC(C)(C)c1cc(=S)n(-c2cccc(Br)c2)[nH]1. The first kappa shape index (κ1) is 12.6. The average Bonchev–Trinajstić information content (AvgIpc) is 2.60. The molecule has 2 nitrogen and oxygen atoms in total. The van der Waals surface area contributed by atoms with Crippen molar-refractivity contribution in [1.82, 2.24) is 9.78 Å². The van der Waals surface area contributed by atoms with Crippen LogP contribution in [0.1, 0.15) is 26.5 Å². The fourth-order valence-electron chi connectivity index (χ4n) is 1.59. The van der Waals surface area contributed by atoms with Crippen LogP contribution in [0.3, 0.4) is 0 Å². The van der Waals surface area contributed by atoms with E-state index < -0.39 is 0 Å². The number of benzene rings is 1. The third-order valence-electron chi connectivity index (χ3n) is 2.59. The number of rotatable bonds is 1. The van der Waals surface area contributed by atoms with E-state index in [0.29, 0.717) is 0 Å². The summed E-state index contributed by atoms with van der Waals surface area (Å²) in [5, 5.41) is 3.36. The zero-order chi connectivity index (χ0) is 12.6. The molecule has 0 bridgehead atoms. The van der Waals surface area contributed by atoms with Crippen LogP contribution in [0.4, 0.5) is 0 Å². The van der Waals surface area contributed by atoms with E-state index in [2.05, 4.69) is 41.8 Å². The van der Waals surface area contributed by atoms with Gasteiger partial charge in [0.15, 0.2) is 0 Å². The minimum absolute atomic E-state index is 0.0742. The van der Waals surface area contributed by atoms with E-state index in [-0.39, 0.29) is 5.41 Å². The minimum atomic E-state index is 0.0742. The van der Waals surface area contributed by atoms with E-state index in [1.807, 2.05) is 35.0 Å². The second-order valence-electron chi connectivity index (χ2n) is 5.07. The summed E-state index contributed by atoms with van der Waals surface area (Å²) in [5.74, 6) is 0. The van der Waals surface area contributed by atoms with Crippen molar-refractivity contribution in [3.63, 3.8) is 0 Å². The zero-order valence-corrected chi connectivity index (χ0v) is 12.5. The first-order chi connectivity index (χ1) is 7.88. The number of aromatic nitrogens is 2. The van der Waals surface area contributed by atoms with Crippen LogP contribution in [-0.2, 0) is 5.41 Å². The summed E-state index contributed by atoms with van der Waals surface area (Å²) < 4.78 is 3.78. The Labute approximate surface area is 115 Å². The topological polar surface area (TPSA) is 20.7 Å². The van der Waals surface area contributed by atoms with Crippen molar-refractivity contribution in [2.24, 2.45) is 0 Å². The molecule has 90 valence electrons. The molecule has 0 aliphatic rings. The number of nitrogens with one attached hydrogen (secondary N) is 1. The highest BCUT2D eigenvalue weighted by atomic mass is 79.9. The van der Waals surface area contributed by atoms with Crippen LogP contribution in [0.15, 0.2) is 34.8 Å². The Hall–Kier alpha value is -0.870. The molecule has 0 aliphatic carbocycles. The molecule has 17 heavy (non-hydrogen) atoms. The van der Waals surface area contributed by atoms with Gasteiger partial charge in [0.05, 0.1) is 5.69 Å². The molecule has 0 radical (unpaired) electrons. The van der Waals surface area contributed by atoms with Gasteiger partial charge >= 0.3 is 0 Å². The summed E-state index contributed by atoms with van der Waals surface area (Å²) in [6.07, 6.45) is 0. The molecule has 2 rings (SSSR count). The highest BCUT2D eigenvalue weighted by Gasteiger charge is 2.16. The van der Waals surface area contributed by atoms with E-state index >= 15 is 0 Å². The second-order valence-corrected chi connectivity index (χ2v) is 6.41. The Balaban J connectivity index is 2.54. The maximum atomic E-state index is 5.38. The van der Waals surface area contributed by atoms with Crippen LogP contribution in [0, 0.1) is 4.64 Å². The van der Waals surface area contributed by atoms with Gasteiger partial charge in [-0.05, 0) is 24.3 Å². The highest BCUT2D eigenvalue weighted by Crippen LogP contribution is 2.22. The van der Waals surface area contributed by atoms with Crippen molar-refractivity contribution in [3.05, 3.63) is 45.1 Å². The van der Waals surface area contributed by atoms with E-state index in [1.54, 1.807) is 0 Å². The molecule has 1 aromatic heterocycles. The molecule has 0 aliphatic heterocycles. The van der Waals surface area contributed by atoms with Gasteiger partial charge in [-0.3, -0.25) is 5.10 Å². The van der Waals surface area contributed by atoms with Crippen molar-refractivity contribution < 1.29 is 0 Å². The van der Waals surface area contributed by atoms with Gasteiger partial charge in [0.25, 0.3) is 0 Å². The second kappa shape index (κ2) is 4.42. The zero-order valence-electron chi connectivity index (χ0n) is 10.1. The van der Waals surface area contributed by atoms with Crippen LogP contribution >= 0.6 is 28.1 Å². The molecule has 2 aromatic rings. The van der Waals surface area contributed by atoms with Gasteiger partial charge < -0.3 is 0 Å². The Morgan fingerprint density at radius 1 is 1.24 bits per heavy atom. The average molecular weight is 311 g/mol. The van der Waals surface area contributed by atoms with Gasteiger partial charge in [-0.2, -0.15) is 0 Å². The van der Waals surface area contributed by atoms with Gasteiger partial charge in [-0.25, -0.2) is 4.68 Å². The molecule has 0 unspecified atom stereocenters. The Kier molecular flexibility index (Phi) is 3.27. The van der Waals surface area contributed by atoms with Crippen molar-refractivity contribution >= 4 is 28.1 Å². The normalized spacial score (nSPS) is 11.8. The van der Waals surface area contributed by atoms with Crippen LogP contribution in [0.2, 0.25) is 0 Å². The van der Waals surface area contributed by atoms with E-state index in [9.17, 15) is 0 Å². The van der Waals surface area contributed by atoms with Gasteiger partial charge in [0.1, 0.15) is 4.64 Å². The number of H-pyrrole nitrogens is 1. The van der Waals surface area contributed by atoms with E-state index in [1.165, 1.54) is 0 Å². The smallest absolute Gasteiger partial charge is 0.127 e. The number of nitrogens with zero attached hydrogens (tertiary/aromatic N) is 1. The van der Waals surface area contributed by atoms with E-state index in [0.717, 1.165) is 20.5 Å². The van der Waals surface area contributed by atoms with Crippen LogP contribution in [0.5, 0.6) is 0 Å². The fourth-order valence-corrected chi connectivity index (χ4v) is 2.24. The number of hydrogen-bond acceptors (Lipinski definition) is 1. The summed E-state index contributed by atoms with van der Waals surface area (Å²) >= 11 is 8.85. The maximum absolute atomic E-state index is 5.38. The third-order valence-corrected chi connectivity index (χ3v) is 3.39. The predicted octanol–water partition coefficient (Wildman–Crippen LogP) is 4.59. The molecule has 1 aromatic carbocycles. The Morgan fingerprint density at radius 3 is 2.47 bits per heavy atom. The van der Waals surface area contributed by atoms with Crippen LogP contribution in [0.25, 0.3) is 5.69 Å². The molecule has 0 atom stereocenters. The largest absolute Gasteiger partial charge is 0.296 e. The first-order valence-corrected chi connectivity index (χ1v) is 6.66. The molecule has 0 saturated carbocycles. The van der Waals surface area contributed by atoms with Gasteiger partial charge in [0.2, 0.25) is 0 Å². The predicted molar refractivity (Wildman–Crippen MR) is 77.4 cm³/mol. The number of hydrogen-bond donors (Lipinski definition) is 1. The monoisotopic (exact) mass is 310 g/mol. The highest BCUT2D eigenvalue weighted by molar-refractivity contribution is 9.10. The van der Waals surface area contributed by atoms with Crippen molar-refractivity contribution in [2.75, 3.05) is 0 Å². The summed E-state index contributed by atoms with van der Waals surface area (Å²) in [5.41, 5.74) is 2.26. The Bertz CT molecular complexity index is 590. The molecule has 0 fully saturated rings. The summed E-state index contributed by atoms with van der Waals surface area (Å²) in [6, 6.07) is 10.1. The molecular weight excluding hydrogens is 296 g/mol. The molecule has 1 N–H and O–H groups in total. The third kappa shape index (κ3) is 2.69. The summed E-state index contributed by atoms with van der Waals surface area (Å²) in [4.78, 5) is 0. The lowest BCUT2D eigenvalue weighted by Crippen LogP contribution is -2.12. The molecule has 4 heteroatoms. The quantitative estimate of drug-likeness (QED) is 0.764. The molecular formula is C13H15BrN2S. The van der Waals surface area contributed by atoms with Crippen molar-refractivity contribution in [3.8, 4) is 5.69 Å². The summed E-state index contributed by atoms with van der Waals surface area (Å²) in [6.45, 7) is 6.50. The van der Waals surface area contributed by atoms with Crippen LogP contribution < -0.4 is 0 Å². The van der Waals surface area contributed by atoms with Gasteiger partial charge in [-0.1, -0.05) is 55.0 Å². The molecule has 0 saturated heterocycles. The lowest BCUT2D eigenvalue weighted by atomic mass is 9.93. The van der Waals surface area contributed by atoms with Crippen LogP contribution in [-0.4, -0.2) is 9.78 Å². The van der Waals surface area contributed by atoms with E-state index in [4.69, 9.17) is 12.2 Å². The first-order valence-electron chi connectivity index (χ1n) is 5.46. The molecule has 1 heterocycles. The Morgan fingerprint density at radius 2 is 1.94 bits per heavy atom. The van der Waals surface area contributed by atoms with Gasteiger partial charge in [0, 0.05) is 15.6 Å². The molecule has 0 spiro atoms.